The summed E-state index contributed by atoms with van der Waals surface area (Å²) in [4.78, 5) is 11.9. The fourth-order valence-electron chi connectivity index (χ4n) is 1.73. The second-order valence-electron chi connectivity index (χ2n) is 4.20. The number of aryl methyl sites for hydroxylation is 1. The molecule has 0 aliphatic carbocycles. The van der Waals surface area contributed by atoms with Crippen molar-refractivity contribution in [2.75, 3.05) is 0 Å². The maximum Gasteiger partial charge on any atom is 0.255 e. The van der Waals surface area contributed by atoms with Gasteiger partial charge in [-0.25, -0.2) is 0 Å². The molecule has 2 unspecified atom stereocenters. The molecular formula is C12H20N2O2. The Morgan fingerprint density at radius 2 is 2.25 bits per heavy atom. The predicted octanol–water partition coefficient (Wildman–Crippen LogP) is 1.70. The third-order valence-electron chi connectivity index (χ3n) is 2.41. The highest BCUT2D eigenvalue weighted by Crippen LogP contribution is 2.11. The van der Waals surface area contributed by atoms with Crippen molar-refractivity contribution in [3.63, 3.8) is 0 Å². The fourth-order valence-corrected chi connectivity index (χ4v) is 1.73. The summed E-state index contributed by atoms with van der Waals surface area (Å²) in [6, 6.07) is 1.87. The number of carbonyl (C=O) groups is 1. The second kappa shape index (κ2) is 5.70. The molecule has 4 heteroatoms. The highest BCUT2D eigenvalue weighted by Gasteiger charge is 2.15. The lowest BCUT2D eigenvalue weighted by atomic mass is 10.1. The molecular weight excluding hydrogens is 204 g/mol. The first-order valence-corrected chi connectivity index (χ1v) is 5.67. The van der Waals surface area contributed by atoms with Gasteiger partial charge in [0.2, 0.25) is 0 Å². The Bertz CT molecular complexity index is 345. The van der Waals surface area contributed by atoms with Crippen LogP contribution in [-0.4, -0.2) is 18.0 Å². The van der Waals surface area contributed by atoms with Crippen molar-refractivity contribution in [2.24, 2.45) is 5.73 Å². The number of carbonyl (C=O) groups excluding carboxylic acids is 1. The Balaban J connectivity index is 2.58. The summed E-state index contributed by atoms with van der Waals surface area (Å²) in [6.07, 6.45) is 3.03. The quantitative estimate of drug-likeness (QED) is 0.799. The van der Waals surface area contributed by atoms with Crippen molar-refractivity contribution in [2.45, 2.75) is 45.7 Å². The van der Waals surface area contributed by atoms with Crippen molar-refractivity contribution in [1.82, 2.24) is 5.32 Å². The van der Waals surface area contributed by atoms with Gasteiger partial charge in [0.15, 0.2) is 0 Å². The van der Waals surface area contributed by atoms with Gasteiger partial charge in [-0.05, 0) is 26.3 Å². The van der Waals surface area contributed by atoms with Crippen LogP contribution in [0.25, 0.3) is 0 Å². The Kier molecular flexibility index (Phi) is 4.55. The minimum absolute atomic E-state index is 0.0760. The summed E-state index contributed by atoms with van der Waals surface area (Å²) in [5, 5.41) is 2.91. The SMILES string of the molecule is CCc1occc1C(=O)NC(C)CC(C)N. The maximum absolute atomic E-state index is 11.9. The average molecular weight is 224 g/mol. The van der Waals surface area contributed by atoms with E-state index < -0.39 is 0 Å². The zero-order chi connectivity index (χ0) is 12.1. The molecule has 2 atom stereocenters. The summed E-state index contributed by atoms with van der Waals surface area (Å²) in [5.41, 5.74) is 6.30. The molecule has 1 aromatic heterocycles. The number of furan rings is 1. The van der Waals surface area contributed by atoms with Gasteiger partial charge < -0.3 is 15.5 Å². The minimum atomic E-state index is -0.0845. The number of nitrogens with two attached hydrogens (primary N) is 1. The number of hydrogen-bond donors (Lipinski definition) is 2. The average Bonchev–Trinajstić information content (AvgIpc) is 2.63. The van der Waals surface area contributed by atoms with E-state index in [0.29, 0.717) is 5.56 Å². The first kappa shape index (κ1) is 12.8. The largest absolute Gasteiger partial charge is 0.469 e. The molecule has 0 saturated carbocycles. The van der Waals surface area contributed by atoms with Crippen LogP contribution in [0.1, 0.15) is 43.3 Å². The van der Waals surface area contributed by atoms with Crippen molar-refractivity contribution in [3.8, 4) is 0 Å². The highest BCUT2D eigenvalue weighted by atomic mass is 16.3. The Morgan fingerprint density at radius 3 is 2.81 bits per heavy atom. The summed E-state index contributed by atoms with van der Waals surface area (Å²) in [7, 11) is 0. The van der Waals surface area contributed by atoms with E-state index in [1.54, 1.807) is 12.3 Å². The van der Waals surface area contributed by atoms with Gasteiger partial charge in [-0.1, -0.05) is 6.92 Å². The molecule has 1 amide bonds. The van der Waals surface area contributed by atoms with Crippen LogP contribution in [0.4, 0.5) is 0 Å². The molecule has 0 spiro atoms. The Morgan fingerprint density at radius 1 is 1.56 bits per heavy atom. The number of amides is 1. The normalized spacial score (nSPS) is 14.5. The zero-order valence-electron chi connectivity index (χ0n) is 10.1. The van der Waals surface area contributed by atoms with E-state index >= 15 is 0 Å². The second-order valence-corrected chi connectivity index (χ2v) is 4.20. The van der Waals surface area contributed by atoms with Crippen LogP contribution in [0, 0.1) is 0 Å². The van der Waals surface area contributed by atoms with Crippen molar-refractivity contribution in [3.05, 3.63) is 23.7 Å². The van der Waals surface area contributed by atoms with E-state index in [4.69, 9.17) is 10.2 Å². The van der Waals surface area contributed by atoms with Crippen LogP contribution in [0.2, 0.25) is 0 Å². The Hall–Kier alpha value is -1.29. The van der Waals surface area contributed by atoms with Gasteiger partial charge in [0, 0.05) is 18.5 Å². The molecule has 0 saturated heterocycles. The molecule has 0 aliphatic heterocycles. The molecule has 4 nitrogen and oxygen atoms in total. The van der Waals surface area contributed by atoms with E-state index in [-0.39, 0.29) is 18.0 Å². The fraction of sp³-hybridized carbons (Fsp3) is 0.583. The van der Waals surface area contributed by atoms with Gasteiger partial charge in [-0.15, -0.1) is 0 Å². The topological polar surface area (TPSA) is 68.3 Å². The molecule has 16 heavy (non-hydrogen) atoms. The van der Waals surface area contributed by atoms with Crippen LogP contribution in [0.15, 0.2) is 16.7 Å². The zero-order valence-corrected chi connectivity index (χ0v) is 10.1. The van der Waals surface area contributed by atoms with Crippen molar-refractivity contribution in [1.29, 1.82) is 0 Å². The van der Waals surface area contributed by atoms with E-state index in [2.05, 4.69) is 5.32 Å². The lowest BCUT2D eigenvalue weighted by Crippen LogP contribution is -2.36. The van der Waals surface area contributed by atoms with Crippen LogP contribution < -0.4 is 11.1 Å². The lowest BCUT2D eigenvalue weighted by molar-refractivity contribution is 0.0935. The first-order chi connectivity index (χ1) is 7.54. The first-order valence-electron chi connectivity index (χ1n) is 5.67. The highest BCUT2D eigenvalue weighted by molar-refractivity contribution is 5.95. The van der Waals surface area contributed by atoms with Gasteiger partial charge in [0.05, 0.1) is 11.8 Å². The molecule has 1 rings (SSSR count). The van der Waals surface area contributed by atoms with E-state index in [1.165, 1.54) is 0 Å². The molecule has 0 aromatic carbocycles. The van der Waals surface area contributed by atoms with Crippen molar-refractivity contribution < 1.29 is 9.21 Å². The van der Waals surface area contributed by atoms with Crippen LogP contribution in [-0.2, 0) is 6.42 Å². The van der Waals surface area contributed by atoms with Gasteiger partial charge in [0.25, 0.3) is 5.91 Å². The van der Waals surface area contributed by atoms with Crippen LogP contribution in [0.5, 0.6) is 0 Å². The maximum atomic E-state index is 11.9. The molecule has 0 radical (unpaired) electrons. The third kappa shape index (κ3) is 3.38. The standard InChI is InChI=1S/C12H20N2O2/c1-4-11-10(5-6-16-11)12(15)14-9(3)7-8(2)13/h5-6,8-9H,4,7,13H2,1-3H3,(H,14,15). The van der Waals surface area contributed by atoms with Gasteiger partial charge in [-0.2, -0.15) is 0 Å². The number of rotatable bonds is 5. The monoisotopic (exact) mass is 224 g/mol. The van der Waals surface area contributed by atoms with E-state index in [0.717, 1.165) is 18.6 Å². The predicted molar refractivity (Wildman–Crippen MR) is 63.3 cm³/mol. The van der Waals surface area contributed by atoms with E-state index in [1.807, 2.05) is 20.8 Å². The summed E-state index contributed by atoms with van der Waals surface area (Å²) >= 11 is 0. The summed E-state index contributed by atoms with van der Waals surface area (Å²) < 4.78 is 5.21. The molecule has 0 aliphatic rings. The lowest BCUT2D eigenvalue weighted by Gasteiger charge is -2.15. The van der Waals surface area contributed by atoms with Gasteiger partial charge in [-0.3, -0.25) is 4.79 Å². The summed E-state index contributed by atoms with van der Waals surface area (Å²) in [6.45, 7) is 5.84. The summed E-state index contributed by atoms with van der Waals surface area (Å²) in [5.74, 6) is 0.643. The van der Waals surface area contributed by atoms with Crippen LogP contribution >= 0.6 is 0 Å². The van der Waals surface area contributed by atoms with Gasteiger partial charge in [0.1, 0.15) is 5.76 Å². The smallest absolute Gasteiger partial charge is 0.255 e. The molecule has 3 N–H and O–H groups in total. The minimum Gasteiger partial charge on any atom is -0.469 e. The third-order valence-corrected chi connectivity index (χ3v) is 2.41. The molecule has 90 valence electrons. The number of hydrogen-bond acceptors (Lipinski definition) is 3. The molecule has 0 bridgehead atoms. The molecule has 1 heterocycles. The van der Waals surface area contributed by atoms with Crippen LogP contribution in [0.3, 0.4) is 0 Å². The van der Waals surface area contributed by atoms with Crippen molar-refractivity contribution >= 4 is 5.91 Å². The molecule has 0 fully saturated rings. The Labute approximate surface area is 96.2 Å². The molecule has 1 aromatic rings. The number of nitrogens with one attached hydrogen (secondary N) is 1. The van der Waals surface area contributed by atoms with Gasteiger partial charge >= 0.3 is 0 Å². The van der Waals surface area contributed by atoms with E-state index in [9.17, 15) is 4.79 Å².